The number of anilines is 2. The molecule has 2 aromatic carbocycles. The average molecular weight is 380 g/mol. The van der Waals surface area contributed by atoms with Gasteiger partial charge in [0.1, 0.15) is 18.2 Å². The van der Waals surface area contributed by atoms with Gasteiger partial charge in [-0.1, -0.05) is 31.0 Å². The molecule has 1 saturated carbocycles. The van der Waals surface area contributed by atoms with Gasteiger partial charge >= 0.3 is 5.69 Å². The largest absolute Gasteiger partial charge is 0.367 e. The van der Waals surface area contributed by atoms with E-state index in [4.69, 9.17) is 0 Å². The number of rotatable bonds is 5. The van der Waals surface area contributed by atoms with Crippen LogP contribution in [-0.4, -0.2) is 21.5 Å². The highest BCUT2D eigenvalue weighted by Gasteiger charge is 2.18. The Morgan fingerprint density at radius 1 is 1.14 bits per heavy atom. The van der Waals surface area contributed by atoms with E-state index >= 15 is 0 Å². The van der Waals surface area contributed by atoms with Gasteiger partial charge in [0, 0.05) is 17.1 Å². The molecule has 0 aliphatic heterocycles. The molecule has 0 spiro atoms. The topological polar surface area (TPSA) is 76.0 Å². The summed E-state index contributed by atoms with van der Waals surface area (Å²) in [7, 11) is 0. The van der Waals surface area contributed by atoms with Crippen LogP contribution in [0.15, 0.2) is 53.3 Å². The van der Waals surface area contributed by atoms with Crippen LogP contribution >= 0.6 is 0 Å². The van der Waals surface area contributed by atoms with Crippen molar-refractivity contribution in [1.82, 2.24) is 9.55 Å². The van der Waals surface area contributed by atoms with Crippen molar-refractivity contribution < 1.29 is 9.18 Å². The summed E-state index contributed by atoms with van der Waals surface area (Å²) < 4.78 is 14.6. The number of amides is 1. The zero-order chi connectivity index (χ0) is 19.5. The number of hydrogen-bond donors (Lipinski definition) is 2. The Kier molecular flexibility index (Phi) is 5.06. The molecular formula is C21H21FN4O2. The summed E-state index contributed by atoms with van der Waals surface area (Å²) in [5, 5.41) is 6.80. The number of aromatic nitrogens is 2. The van der Waals surface area contributed by atoms with Gasteiger partial charge in [-0.15, -0.1) is 0 Å². The van der Waals surface area contributed by atoms with Gasteiger partial charge in [-0.2, -0.15) is 4.98 Å². The third kappa shape index (κ3) is 3.88. The predicted octanol–water partition coefficient (Wildman–Crippen LogP) is 3.53. The Bertz CT molecular complexity index is 1070. The molecule has 1 amide bonds. The molecule has 3 aromatic rings. The molecule has 1 heterocycles. The fraction of sp³-hybridized carbons (Fsp3) is 0.286. The maximum absolute atomic E-state index is 13.3. The minimum atomic E-state index is -0.492. The quantitative estimate of drug-likeness (QED) is 0.710. The first-order valence-corrected chi connectivity index (χ1v) is 9.42. The molecule has 7 heteroatoms. The number of para-hydroxylation sites is 1. The Labute approximate surface area is 161 Å². The lowest BCUT2D eigenvalue weighted by Crippen LogP contribution is -2.31. The van der Waals surface area contributed by atoms with Gasteiger partial charge in [0.25, 0.3) is 0 Å². The first-order valence-electron chi connectivity index (χ1n) is 9.42. The second-order valence-electron chi connectivity index (χ2n) is 7.03. The first-order chi connectivity index (χ1) is 13.6. The highest BCUT2D eigenvalue weighted by atomic mass is 19.1. The molecular weight excluding hydrogens is 359 g/mol. The van der Waals surface area contributed by atoms with Crippen molar-refractivity contribution in [2.24, 2.45) is 0 Å². The van der Waals surface area contributed by atoms with Gasteiger partial charge in [0.05, 0.1) is 5.52 Å². The van der Waals surface area contributed by atoms with Crippen LogP contribution in [0.2, 0.25) is 0 Å². The van der Waals surface area contributed by atoms with Crippen molar-refractivity contribution in [2.75, 3.05) is 10.6 Å². The normalized spacial score (nSPS) is 14.3. The third-order valence-electron chi connectivity index (χ3n) is 4.99. The van der Waals surface area contributed by atoms with E-state index in [1.165, 1.54) is 35.6 Å². The summed E-state index contributed by atoms with van der Waals surface area (Å²) >= 11 is 0. The van der Waals surface area contributed by atoms with E-state index in [0.717, 1.165) is 18.2 Å². The number of halogens is 1. The molecule has 6 nitrogen and oxygen atoms in total. The molecule has 1 fully saturated rings. The number of nitrogens with zero attached hydrogens (tertiary/aromatic N) is 2. The summed E-state index contributed by atoms with van der Waals surface area (Å²) in [5.41, 5.74) is 0.487. The number of carbonyl (C=O) groups excluding carboxylic acids is 1. The van der Waals surface area contributed by atoms with E-state index in [2.05, 4.69) is 15.6 Å². The number of fused-ring (bicyclic) bond motifs is 1. The van der Waals surface area contributed by atoms with E-state index in [-0.39, 0.29) is 6.54 Å². The van der Waals surface area contributed by atoms with Crippen LogP contribution in [0.1, 0.15) is 25.7 Å². The second kappa shape index (κ2) is 7.80. The monoisotopic (exact) mass is 380 g/mol. The molecule has 2 N–H and O–H groups in total. The van der Waals surface area contributed by atoms with Crippen LogP contribution in [0.5, 0.6) is 0 Å². The summed E-state index contributed by atoms with van der Waals surface area (Å²) in [6.45, 7) is -0.202. The number of carbonyl (C=O) groups is 1. The van der Waals surface area contributed by atoms with E-state index < -0.39 is 17.4 Å². The number of nitrogens with one attached hydrogen (secondary N) is 2. The minimum absolute atomic E-state index is 0.202. The van der Waals surface area contributed by atoms with E-state index in [0.29, 0.717) is 23.1 Å². The van der Waals surface area contributed by atoms with Crippen molar-refractivity contribution in [2.45, 2.75) is 38.3 Å². The zero-order valence-corrected chi connectivity index (χ0v) is 15.3. The van der Waals surface area contributed by atoms with Crippen LogP contribution in [0.25, 0.3) is 10.9 Å². The maximum Gasteiger partial charge on any atom is 0.350 e. The SMILES string of the molecule is O=C(Cn1c(=O)nc(NC2CCCC2)c2ccccc21)Nc1cccc(F)c1. The van der Waals surface area contributed by atoms with Crippen LogP contribution in [0.4, 0.5) is 15.9 Å². The fourth-order valence-electron chi connectivity index (χ4n) is 3.67. The maximum atomic E-state index is 13.3. The lowest BCUT2D eigenvalue weighted by atomic mass is 10.2. The molecule has 0 radical (unpaired) electrons. The third-order valence-corrected chi connectivity index (χ3v) is 4.99. The van der Waals surface area contributed by atoms with Crippen LogP contribution in [-0.2, 0) is 11.3 Å². The Morgan fingerprint density at radius 2 is 1.93 bits per heavy atom. The van der Waals surface area contributed by atoms with Crippen molar-refractivity contribution in [3.8, 4) is 0 Å². The van der Waals surface area contributed by atoms with Crippen LogP contribution in [0, 0.1) is 5.82 Å². The minimum Gasteiger partial charge on any atom is -0.367 e. The molecule has 1 aliphatic carbocycles. The molecule has 4 rings (SSSR count). The van der Waals surface area contributed by atoms with Crippen LogP contribution < -0.4 is 16.3 Å². The molecule has 0 bridgehead atoms. The zero-order valence-electron chi connectivity index (χ0n) is 15.3. The highest BCUT2D eigenvalue weighted by molar-refractivity contribution is 5.93. The van der Waals surface area contributed by atoms with Crippen molar-refractivity contribution in [3.05, 3.63) is 64.8 Å². The summed E-state index contributed by atoms with van der Waals surface area (Å²) in [4.78, 5) is 29.3. The smallest absolute Gasteiger partial charge is 0.350 e. The van der Waals surface area contributed by atoms with Crippen molar-refractivity contribution in [1.29, 1.82) is 0 Å². The summed E-state index contributed by atoms with van der Waals surface area (Å²) in [5.74, 6) is -0.296. The molecule has 0 saturated heterocycles. The van der Waals surface area contributed by atoms with Gasteiger partial charge in [-0.3, -0.25) is 9.36 Å². The van der Waals surface area contributed by atoms with Gasteiger partial charge in [0.2, 0.25) is 5.91 Å². The standard InChI is InChI=1S/C21H21FN4O2/c22-14-6-5-9-16(12-14)23-19(27)13-26-18-11-4-3-10-17(18)20(25-21(26)28)24-15-7-1-2-8-15/h3-6,9-12,15H,1-2,7-8,13H2,(H,23,27)(H,24,25,28). The Morgan fingerprint density at radius 3 is 2.71 bits per heavy atom. The van der Waals surface area contributed by atoms with Gasteiger partial charge in [-0.25, -0.2) is 9.18 Å². The fourth-order valence-corrected chi connectivity index (χ4v) is 3.67. The lowest BCUT2D eigenvalue weighted by Gasteiger charge is -2.17. The Hall–Kier alpha value is -3.22. The molecule has 0 unspecified atom stereocenters. The lowest BCUT2D eigenvalue weighted by molar-refractivity contribution is -0.116. The van der Waals surface area contributed by atoms with E-state index in [1.54, 1.807) is 12.1 Å². The van der Waals surface area contributed by atoms with E-state index in [1.807, 2.05) is 18.2 Å². The first kappa shape index (κ1) is 18.2. The van der Waals surface area contributed by atoms with E-state index in [9.17, 15) is 14.0 Å². The van der Waals surface area contributed by atoms with Crippen molar-refractivity contribution >= 4 is 28.3 Å². The van der Waals surface area contributed by atoms with Crippen molar-refractivity contribution in [3.63, 3.8) is 0 Å². The second-order valence-corrected chi connectivity index (χ2v) is 7.03. The van der Waals surface area contributed by atoms with Gasteiger partial charge < -0.3 is 10.6 Å². The molecule has 144 valence electrons. The summed E-state index contributed by atoms with van der Waals surface area (Å²) in [6.07, 6.45) is 4.48. The molecule has 28 heavy (non-hydrogen) atoms. The van der Waals surface area contributed by atoms with Gasteiger partial charge in [0.15, 0.2) is 0 Å². The molecule has 1 aliphatic rings. The molecule has 0 atom stereocenters. The molecule has 1 aromatic heterocycles. The predicted molar refractivity (Wildman–Crippen MR) is 107 cm³/mol. The highest BCUT2D eigenvalue weighted by Crippen LogP contribution is 2.25. The summed E-state index contributed by atoms with van der Waals surface area (Å²) in [6, 6.07) is 13.3. The number of hydrogen-bond acceptors (Lipinski definition) is 4. The number of benzene rings is 2. The Balaban J connectivity index is 1.62. The van der Waals surface area contributed by atoms with Crippen LogP contribution in [0.3, 0.4) is 0 Å². The average Bonchev–Trinajstić information content (AvgIpc) is 3.18. The van der Waals surface area contributed by atoms with Gasteiger partial charge in [-0.05, 0) is 43.2 Å².